The predicted octanol–water partition coefficient (Wildman–Crippen LogP) is 2.67. The van der Waals surface area contributed by atoms with Crippen LogP contribution in [0.4, 0.5) is 13.2 Å². The maximum Gasteiger partial charge on any atom is 0.417 e. The second-order valence-electron chi connectivity index (χ2n) is 3.31. The lowest BCUT2D eigenvalue weighted by atomic mass is 9.99. The van der Waals surface area contributed by atoms with Crippen LogP contribution < -0.4 is 0 Å². The van der Waals surface area contributed by atoms with Crippen molar-refractivity contribution in [1.82, 2.24) is 0 Å². The van der Waals surface area contributed by atoms with Crippen molar-refractivity contribution in [2.75, 3.05) is 7.11 Å². The summed E-state index contributed by atoms with van der Waals surface area (Å²) in [7, 11) is 1.12. The van der Waals surface area contributed by atoms with E-state index in [9.17, 15) is 18.0 Å². The van der Waals surface area contributed by atoms with Crippen LogP contribution in [-0.2, 0) is 10.9 Å². The molecule has 0 unspecified atom stereocenters. The topological polar surface area (TPSA) is 50.1 Å². The molecule has 0 amide bonds. The first kappa shape index (κ1) is 13.0. The summed E-state index contributed by atoms with van der Waals surface area (Å²) >= 11 is 0. The minimum absolute atomic E-state index is 0.0444. The molecule has 0 aliphatic heterocycles. The lowest BCUT2D eigenvalue weighted by Crippen LogP contribution is -2.12. The van der Waals surface area contributed by atoms with Gasteiger partial charge in [-0.1, -0.05) is 0 Å². The van der Waals surface area contributed by atoms with E-state index in [0.717, 1.165) is 19.2 Å². The summed E-state index contributed by atoms with van der Waals surface area (Å²) in [4.78, 5) is 11.3. The third kappa shape index (κ3) is 2.56. The maximum absolute atomic E-state index is 12.6. The van der Waals surface area contributed by atoms with Crippen LogP contribution in [0.1, 0.15) is 27.0 Å². The fourth-order valence-corrected chi connectivity index (χ4v) is 1.36. The van der Waals surface area contributed by atoms with Gasteiger partial charge in [0.15, 0.2) is 0 Å². The molecule has 0 radical (unpaired) electrons. The zero-order valence-electron chi connectivity index (χ0n) is 9.05. The van der Waals surface area contributed by atoms with Gasteiger partial charge in [-0.15, -0.1) is 0 Å². The van der Waals surface area contributed by atoms with E-state index in [1.165, 1.54) is 13.0 Å². The molecule has 0 N–H and O–H groups in total. The van der Waals surface area contributed by atoms with Gasteiger partial charge in [-0.2, -0.15) is 18.4 Å². The van der Waals surface area contributed by atoms with E-state index in [-0.39, 0.29) is 11.1 Å². The molecule has 6 heteroatoms. The number of nitriles is 1. The smallest absolute Gasteiger partial charge is 0.417 e. The second kappa shape index (κ2) is 4.45. The zero-order chi connectivity index (χ0) is 13.2. The van der Waals surface area contributed by atoms with Crippen LogP contribution in [0.2, 0.25) is 0 Å². The summed E-state index contributed by atoms with van der Waals surface area (Å²) in [5.74, 6) is -0.771. The van der Waals surface area contributed by atoms with E-state index >= 15 is 0 Å². The lowest BCUT2D eigenvalue weighted by molar-refractivity contribution is -0.137. The van der Waals surface area contributed by atoms with Crippen LogP contribution in [0.5, 0.6) is 0 Å². The minimum Gasteiger partial charge on any atom is -0.465 e. The normalized spacial score (nSPS) is 10.8. The highest BCUT2D eigenvalue weighted by Gasteiger charge is 2.34. The average Bonchev–Trinajstić information content (AvgIpc) is 2.26. The van der Waals surface area contributed by atoms with Gasteiger partial charge in [0.2, 0.25) is 0 Å². The first-order chi connectivity index (χ1) is 7.81. The van der Waals surface area contributed by atoms with Crippen LogP contribution in [-0.4, -0.2) is 13.1 Å². The van der Waals surface area contributed by atoms with Gasteiger partial charge in [-0.25, -0.2) is 4.79 Å². The van der Waals surface area contributed by atoms with Gasteiger partial charge >= 0.3 is 12.1 Å². The molecule has 0 heterocycles. The summed E-state index contributed by atoms with van der Waals surface area (Å²) in [5.41, 5.74) is -1.58. The summed E-state index contributed by atoms with van der Waals surface area (Å²) in [6, 6.07) is 3.08. The number of halogens is 3. The summed E-state index contributed by atoms with van der Waals surface area (Å²) < 4.78 is 42.1. The van der Waals surface area contributed by atoms with Gasteiger partial charge < -0.3 is 4.74 Å². The van der Waals surface area contributed by atoms with E-state index in [4.69, 9.17) is 5.26 Å². The van der Waals surface area contributed by atoms with Gasteiger partial charge in [0, 0.05) is 0 Å². The largest absolute Gasteiger partial charge is 0.465 e. The highest BCUT2D eigenvalue weighted by Crippen LogP contribution is 2.33. The molecule has 1 rings (SSSR count). The van der Waals surface area contributed by atoms with Crippen LogP contribution >= 0.6 is 0 Å². The second-order valence-corrected chi connectivity index (χ2v) is 3.31. The number of hydrogen-bond donors (Lipinski definition) is 0. The number of methoxy groups -OCH3 is 1. The number of carbonyl (C=O) groups excluding carboxylic acids is 1. The molecule has 1 aromatic carbocycles. The quantitative estimate of drug-likeness (QED) is 0.712. The molecular weight excluding hydrogens is 235 g/mol. The number of esters is 1. The van der Waals surface area contributed by atoms with Crippen LogP contribution in [0.3, 0.4) is 0 Å². The van der Waals surface area contributed by atoms with E-state index in [1.807, 2.05) is 0 Å². The van der Waals surface area contributed by atoms with E-state index < -0.39 is 23.3 Å². The van der Waals surface area contributed by atoms with Crippen LogP contribution in [0.25, 0.3) is 0 Å². The number of benzene rings is 1. The van der Waals surface area contributed by atoms with Crippen molar-refractivity contribution in [3.63, 3.8) is 0 Å². The van der Waals surface area contributed by atoms with Crippen molar-refractivity contribution in [3.05, 3.63) is 34.4 Å². The van der Waals surface area contributed by atoms with Gasteiger partial charge in [0.25, 0.3) is 0 Å². The third-order valence-electron chi connectivity index (χ3n) is 2.20. The van der Waals surface area contributed by atoms with E-state index in [1.54, 1.807) is 0 Å². The van der Waals surface area contributed by atoms with Crippen molar-refractivity contribution in [3.8, 4) is 6.07 Å². The Kier molecular flexibility index (Phi) is 3.42. The number of alkyl halides is 3. The summed E-state index contributed by atoms with van der Waals surface area (Å²) in [6.07, 6.45) is -4.62. The van der Waals surface area contributed by atoms with Gasteiger partial charge in [0.05, 0.1) is 29.9 Å². The third-order valence-corrected chi connectivity index (χ3v) is 2.20. The zero-order valence-corrected chi connectivity index (χ0v) is 9.05. The molecule has 0 bridgehead atoms. The molecule has 0 aliphatic carbocycles. The molecule has 0 atom stereocenters. The Morgan fingerprint density at radius 1 is 1.41 bits per heavy atom. The predicted molar refractivity (Wildman–Crippen MR) is 52.2 cm³/mol. The molecular formula is C11H8F3NO2. The molecule has 90 valence electrons. The standard InChI is InChI=1S/C11H8F3NO2/c1-6-3-9(11(12,13)14)7(5-15)4-8(6)10(16)17-2/h3-4H,1-2H3. The lowest BCUT2D eigenvalue weighted by Gasteiger charge is -2.12. The Hall–Kier alpha value is -2.03. The molecule has 0 saturated heterocycles. The van der Waals surface area contributed by atoms with Crippen molar-refractivity contribution < 1.29 is 22.7 Å². The fourth-order valence-electron chi connectivity index (χ4n) is 1.36. The maximum atomic E-state index is 12.6. The molecule has 0 aromatic heterocycles. The van der Waals surface area contributed by atoms with Crippen LogP contribution in [0, 0.1) is 18.3 Å². The Labute approximate surface area is 95.4 Å². The molecule has 17 heavy (non-hydrogen) atoms. The van der Waals surface area contributed by atoms with Crippen molar-refractivity contribution in [2.24, 2.45) is 0 Å². The summed E-state index contributed by atoms with van der Waals surface area (Å²) in [5, 5.41) is 8.65. The molecule has 0 spiro atoms. The first-order valence-electron chi connectivity index (χ1n) is 4.51. The Bertz CT molecular complexity index is 501. The fraction of sp³-hybridized carbons (Fsp3) is 0.273. The Morgan fingerprint density at radius 3 is 2.41 bits per heavy atom. The average molecular weight is 243 g/mol. The molecule has 0 saturated carbocycles. The minimum atomic E-state index is -4.62. The SMILES string of the molecule is COC(=O)c1cc(C#N)c(C(F)(F)F)cc1C. The van der Waals surface area contributed by atoms with Crippen molar-refractivity contribution >= 4 is 5.97 Å². The highest BCUT2D eigenvalue weighted by atomic mass is 19.4. The summed E-state index contributed by atoms with van der Waals surface area (Å²) in [6.45, 7) is 1.35. The van der Waals surface area contributed by atoms with Gasteiger partial charge in [-0.3, -0.25) is 0 Å². The van der Waals surface area contributed by atoms with Gasteiger partial charge in [-0.05, 0) is 24.6 Å². The number of aryl methyl sites for hydroxylation is 1. The van der Waals surface area contributed by atoms with Crippen molar-refractivity contribution in [2.45, 2.75) is 13.1 Å². The first-order valence-corrected chi connectivity index (χ1v) is 4.51. The van der Waals surface area contributed by atoms with Gasteiger partial charge in [0.1, 0.15) is 0 Å². The number of ether oxygens (including phenoxy) is 1. The number of hydrogen-bond acceptors (Lipinski definition) is 3. The van der Waals surface area contributed by atoms with Crippen molar-refractivity contribution in [1.29, 1.82) is 5.26 Å². The molecule has 0 fully saturated rings. The van der Waals surface area contributed by atoms with E-state index in [2.05, 4.69) is 4.74 Å². The highest BCUT2D eigenvalue weighted by molar-refractivity contribution is 5.91. The molecule has 1 aromatic rings. The number of carbonyl (C=O) groups is 1. The Morgan fingerprint density at radius 2 is 2.00 bits per heavy atom. The van der Waals surface area contributed by atoms with E-state index in [0.29, 0.717) is 0 Å². The molecule has 0 aliphatic rings. The monoisotopic (exact) mass is 243 g/mol. The van der Waals surface area contributed by atoms with Crippen LogP contribution in [0.15, 0.2) is 12.1 Å². The number of nitrogens with zero attached hydrogens (tertiary/aromatic N) is 1. The molecule has 3 nitrogen and oxygen atoms in total. The number of rotatable bonds is 1. The Balaban J connectivity index is 3.47.